The molecule has 0 fully saturated rings. The van der Waals surface area contributed by atoms with Crippen LogP contribution in [-0.4, -0.2) is 30.8 Å². The number of ether oxygens (including phenoxy) is 2. The average molecular weight is 355 g/mol. The van der Waals surface area contributed by atoms with Gasteiger partial charge in [-0.3, -0.25) is 0 Å². The smallest absolute Gasteiger partial charge is 0.407 e. The molecule has 0 heterocycles. The summed E-state index contributed by atoms with van der Waals surface area (Å²) >= 11 is 0. The second-order valence-corrected chi connectivity index (χ2v) is 5.44. The minimum absolute atomic E-state index is 0.118. The lowest BCUT2D eigenvalue weighted by atomic mass is 10.1. The van der Waals surface area contributed by atoms with E-state index in [1.54, 1.807) is 12.1 Å². The maximum atomic E-state index is 11.6. The number of benzene rings is 2. The molecule has 2 N–H and O–H groups in total. The van der Waals surface area contributed by atoms with Crippen LogP contribution in [0, 0.1) is 0 Å². The highest BCUT2D eigenvalue weighted by Crippen LogP contribution is 2.21. The number of aromatic carboxylic acids is 1. The van der Waals surface area contributed by atoms with Crippen LogP contribution in [0.25, 0.3) is 6.08 Å². The summed E-state index contributed by atoms with van der Waals surface area (Å²) < 4.78 is 10.2. The molecule has 6 heteroatoms. The van der Waals surface area contributed by atoms with Crippen molar-refractivity contribution < 1.29 is 24.2 Å². The van der Waals surface area contributed by atoms with E-state index < -0.39 is 12.1 Å². The highest BCUT2D eigenvalue weighted by Gasteiger charge is 2.10. The Hall–Kier alpha value is -3.28. The predicted molar refractivity (Wildman–Crippen MR) is 98.2 cm³/mol. The fourth-order valence-electron chi connectivity index (χ4n) is 2.24. The zero-order chi connectivity index (χ0) is 18.8. The first-order valence-electron chi connectivity index (χ1n) is 8.12. The Kier molecular flexibility index (Phi) is 7.24. The van der Waals surface area contributed by atoms with E-state index >= 15 is 0 Å². The van der Waals surface area contributed by atoms with Crippen LogP contribution < -0.4 is 10.1 Å². The van der Waals surface area contributed by atoms with Crippen molar-refractivity contribution in [1.29, 1.82) is 0 Å². The van der Waals surface area contributed by atoms with Crippen LogP contribution >= 0.6 is 0 Å². The molecular formula is C20H21NO5. The number of carboxylic acid groups (broad SMARTS) is 1. The van der Waals surface area contributed by atoms with Crippen molar-refractivity contribution in [2.24, 2.45) is 0 Å². The Labute approximate surface area is 152 Å². The Bertz CT molecular complexity index is 771. The largest absolute Gasteiger partial charge is 0.496 e. The lowest BCUT2D eigenvalue weighted by Gasteiger charge is -2.06. The summed E-state index contributed by atoms with van der Waals surface area (Å²) in [5.74, 6) is -0.724. The molecule has 0 atom stereocenters. The van der Waals surface area contributed by atoms with Crippen LogP contribution in [-0.2, 0) is 11.3 Å². The van der Waals surface area contributed by atoms with Gasteiger partial charge in [0.05, 0.1) is 7.11 Å². The number of nitrogens with one attached hydrogen (secondary N) is 1. The summed E-state index contributed by atoms with van der Waals surface area (Å²) in [6, 6.07) is 14.3. The van der Waals surface area contributed by atoms with Crippen molar-refractivity contribution in [3.63, 3.8) is 0 Å². The quantitative estimate of drug-likeness (QED) is 0.705. The van der Waals surface area contributed by atoms with Crippen LogP contribution in [0.4, 0.5) is 4.79 Å². The zero-order valence-corrected chi connectivity index (χ0v) is 14.5. The molecule has 2 rings (SSSR count). The number of hydrogen-bond acceptors (Lipinski definition) is 4. The van der Waals surface area contributed by atoms with Gasteiger partial charge in [0.2, 0.25) is 0 Å². The van der Waals surface area contributed by atoms with Crippen molar-refractivity contribution >= 4 is 18.1 Å². The van der Waals surface area contributed by atoms with Gasteiger partial charge in [-0.05, 0) is 29.7 Å². The van der Waals surface area contributed by atoms with Gasteiger partial charge in [0.15, 0.2) is 0 Å². The van der Waals surface area contributed by atoms with Gasteiger partial charge >= 0.3 is 12.1 Å². The molecule has 136 valence electrons. The molecule has 0 saturated heterocycles. The lowest BCUT2D eigenvalue weighted by molar-refractivity contribution is 0.0693. The van der Waals surface area contributed by atoms with E-state index in [9.17, 15) is 9.59 Å². The van der Waals surface area contributed by atoms with E-state index in [-0.39, 0.29) is 12.2 Å². The third-order valence-electron chi connectivity index (χ3n) is 3.56. The summed E-state index contributed by atoms with van der Waals surface area (Å²) in [4.78, 5) is 22.7. The van der Waals surface area contributed by atoms with Gasteiger partial charge in [0, 0.05) is 6.54 Å². The summed E-state index contributed by atoms with van der Waals surface area (Å²) in [6.07, 6.45) is 3.87. The molecule has 0 unspecified atom stereocenters. The molecule has 0 bridgehead atoms. The number of alkyl carbamates (subject to hydrolysis) is 1. The molecule has 0 spiro atoms. The van der Waals surface area contributed by atoms with E-state index in [4.69, 9.17) is 14.6 Å². The fourth-order valence-corrected chi connectivity index (χ4v) is 2.24. The highest BCUT2D eigenvalue weighted by molar-refractivity contribution is 5.91. The van der Waals surface area contributed by atoms with Crippen LogP contribution in [0.15, 0.2) is 54.6 Å². The standard InChI is InChI=1S/C20H21NO5/c1-25-18-13-15(10-11-17(18)19(22)23)7-5-6-12-21-20(24)26-14-16-8-3-2-4-9-16/h2-5,7-11,13H,6,12,14H2,1H3,(H,21,24)(H,22,23). The minimum Gasteiger partial charge on any atom is -0.496 e. The number of rotatable bonds is 8. The highest BCUT2D eigenvalue weighted by atomic mass is 16.5. The van der Waals surface area contributed by atoms with E-state index in [0.717, 1.165) is 11.1 Å². The van der Waals surface area contributed by atoms with Gasteiger partial charge in [-0.2, -0.15) is 0 Å². The van der Waals surface area contributed by atoms with Gasteiger partial charge in [0.1, 0.15) is 17.9 Å². The summed E-state index contributed by atoms with van der Waals surface area (Å²) in [6.45, 7) is 0.673. The van der Waals surface area contributed by atoms with Gasteiger partial charge < -0.3 is 19.9 Å². The molecule has 2 aromatic carbocycles. The van der Waals surface area contributed by atoms with E-state index in [0.29, 0.717) is 18.7 Å². The average Bonchev–Trinajstić information content (AvgIpc) is 2.66. The lowest BCUT2D eigenvalue weighted by Crippen LogP contribution is -2.24. The topological polar surface area (TPSA) is 84.9 Å². The molecule has 6 nitrogen and oxygen atoms in total. The number of carbonyl (C=O) groups is 2. The van der Waals surface area contributed by atoms with Gasteiger partial charge in [0.25, 0.3) is 0 Å². The molecule has 0 aliphatic carbocycles. The van der Waals surface area contributed by atoms with Crippen molar-refractivity contribution in [2.45, 2.75) is 13.0 Å². The molecule has 0 aliphatic rings. The molecule has 2 aromatic rings. The van der Waals surface area contributed by atoms with E-state index in [2.05, 4.69) is 5.32 Å². The second kappa shape index (κ2) is 9.88. The Balaban J connectivity index is 1.73. The molecule has 26 heavy (non-hydrogen) atoms. The molecule has 0 aromatic heterocycles. The molecule has 0 radical (unpaired) electrons. The zero-order valence-electron chi connectivity index (χ0n) is 14.5. The molecule has 0 aliphatic heterocycles. The minimum atomic E-state index is -1.03. The summed E-state index contributed by atoms with van der Waals surface area (Å²) in [5, 5.41) is 11.7. The van der Waals surface area contributed by atoms with Crippen LogP contribution in [0.3, 0.4) is 0 Å². The van der Waals surface area contributed by atoms with Crippen molar-refractivity contribution in [1.82, 2.24) is 5.32 Å². The Morgan fingerprint density at radius 3 is 2.62 bits per heavy atom. The molecule has 1 amide bonds. The van der Waals surface area contributed by atoms with Crippen LogP contribution in [0.5, 0.6) is 5.75 Å². The van der Waals surface area contributed by atoms with Crippen molar-refractivity contribution in [2.75, 3.05) is 13.7 Å². The number of carboxylic acids is 1. The number of carbonyl (C=O) groups excluding carboxylic acids is 1. The Morgan fingerprint density at radius 1 is 1.15 bits per heavy atom. The second-order valence-electron chi connectivity index (χ2n) is 5.44. The first kappa shape index (κ1) is 19.1. The van der Waals surface area contributed by atoms with E-state index in [1.807, 2.05) is 42.5 Å². The van der Waals surface area contributed by atoms with Gasteiger partial charge in [-0.1, -0.05) is 48.6 Å². The van der Waals surface area contributed by atoms with Crippen LogP contribution in [0.1, 0.15) is 27.9 Å². The van der Waals surface area contributed by atoms with Gasteiger partial charge in [-0.15, -0.1) is 0 Å². The third kappa shape index (κ3) is 5.98. The fraction of sp³-hybridized carbons (Fsp3) is 0.200. The van der Waals surface area contributed by atoms with Crippen molar-refractivity contribution in [3.8, 4) is 5.75 Å². The molecular weight excluding hydrogens is 334 g/mol. The summed E-state index contributed by atoms with van der Waals surface area (Å²) in [5.41, 5.74) is 1.87. The maximum Gasteiger partial charge on any atom is 0.407 e. The Morgan fingerprint density at radius 2 is 1.92 bits per heavy atom. The van der Waals surface area contributed by atoms with Crippen LogP contribution in [0.2, 0.25) is 0 Å². The van der Waals surface area contributed by atoms with Crippen molar-refractivity contribution in [3.05, 3.63) is 71.3 Å². The molecule has 0 saturated carbocycles. The third-order valence-corrected chi connectivity index (χ3v) is 3.56. The SMILES string of the molecule is COc1cc(C=CCCNC(=O)OCc2ccccc2)ccc1C(=O)O. The predicted octanol–water partition coefficient (Wildman–Crippen LogP) is 3.72. The normalized spacial score (nSPS) is 10.5. The summed E-state index contributed by atoms with van der Waals surface area (Å²) in [7, 11) is 1.43. The number of amides is 1. The van der Waals surface area contributed by atoms with E-state index in [1.165, 1.54) is 13.2 Å². The first-order chi connectivity index (χ1) is 12.6. The first-order valence-corrected chi connectivity index (χ1v) is 8.12. The number of methoxy groups -OCH3 is 1. The number of hydrogen-bond donors (Lipinski definition) is 2. The monoisotopic (exact) mass is 355 g/mol. The maximum absolute atomic E-state index is 11.6. The van der Waals surface area contributed by atoms with Gasteiger partial charge in [-0.25, -0.2) is 9.59 Å².